The Morgan fingerprint density at radius 2 is 1.75 bits per heavy atom. The van der Waals surface area contributed by atoms with Crippen molar-refractivity contribution in [1.82, 2.24) is 9.21 Å². The number of nitrogens with zero attached hydrogens (tertiary/aromatic N) is 2. The molecular weight excluding hydrogens is 428 g/mol. The quantitative estimate of drug-likeness (QED) is 0.569. The number of sulfonamides is 1. The van der Waals surface area contributed by atoms with Gasteiger partial charge in [0.1, 0.15) is 5.60 Å². The Morgan fingerprint density at radius 1 is 1.16 bits per heavy atom. The summed E-state index contributed by atoms with van der Waals surface area (Å²) in [6, 6.07) is 3.24. The Bertz CT molecular complexity index is 942. The number of carbonyl (C=O) groups excluding carboxylic acids is 2. The second-order valence-electron chi connectivity index (χ2n) is 9.92. The van der Waals surface area contributed by atoms with Gasteiger partial charge in [0.25, 0.3) is 5.91 Å². The van der Waals surface area contributed by atoms with Gasteiger partial charge >= 0.3 is 5.97 Å². The molecule has 0 saturated carbocycles. The van der Waals surface area contributed by atoms with Gasteiger partial charge in [-0.2, -0.15) is 4.31 Å². The average molecular weight is 467 g/mol. The molecule has 0 aliphatic carbocycles. The van der Waals surface area contributed by atoms with Crippen molar-refractivity contribution in [2.75, 3.05) is 26.7 Å². The van der Waals surface area contributed by atoms with Gasteiger partial charge in [-0.05, 0) is 83.1 Å². The number of ether oxygens (including phenoxy) is 1. The fraction of sp³-hybridized carbons (Fsp3) is 0.667. The maximum atomic E-state index is 13.3. The zero-order chi connectivity index (χ0) is 24.3. The van der Waals surface area contributed by atoms with Crippen molar-refractivity contribution in [3.8, 4) is 0 Å². The Labute approximate surface area is 193 Å². The van der Waals surface area contributed by atoms with Crippen LogP contribution in [0, 0.1) is 19.8 Å². The normalized spacial score (nSPS) is 16.1. The molecule has 32 heavy (non-hydrogen) atoms. The van der Waals surface area contributed by atoms with Gasteiger partial charge in [-0.3, -0.25) is 9.59 Å². The molecule has 1 aromatic carbocycles. The van der Waals surface area contributed by atoms with Gasteiger partial charge in [-0.15, -0.1) is 0 Å². The summed E-state index contributed by atoms with van der Waals surface area (Å²) in [5.41, 5.74) is 1.25. The highest BCUT2D eigenvalue weighted by molar-refractivity contribution is 7.89. The Balaban J connectivity index is 2.14. The highest BCUT2D eigenvalue weighted by Gasteiger charge is 2.30. The summed E-state index contributed by atoms with van der Waals surface area (Å²) in [7, 11) is -2.01. The van der Waals surface area contributed by atoms with E-state index in [-0.39, 0.29) is 23.2 Å². The molecule has 1 aliphatic rings. The molecule has 8 heteroatoms. The van der Waals surface area contributed by atoms with Crippen LogP contribution in [0.1, 0.15) is 74.9 Å². The Kier molecular flexibility index (Phi) is 8.50. The molecule has 0 unspecified atom stereocenters. The van der Waals surface area contributed by atoms with E-state index < -0.39 is 15.6 Å². The minimum Gasteiger partial charge on any atom is -0.460 e. The van der Waals surface area contributed by atoms with Crippen molar-refractivity contribution in [3.63, 3.8) is 0 Å². The van der Waals surface area contributed by atoms with Crippen molar-refractivity contribution in [2.45, 2.75) is 77.7 Å². The largest absolute Gasteiger partial charge is 0.460 e. The third-order valence-corrected chi connectivity index (χ3v) is 7.89. The van der Waals surface area contributed by atoms with E-state index >= 15 is 0 Å². The van der Waals surface area contributed by atoms with E-state index in [1.807, 2.05) is 27.7 Å². The molecule has 0 radical (unpaired) electrons. The Morgan fingerprint density at radius 3 is 2.31 bits per heavy atom. The molecule has 1 heterocycles. The van der Waals surface area contributed by atoms with Gasteiger partial charge in [0.05, 0.1) is 4.90 Å². The standard InChI is InChI=1S/C24H38N2O5S/c1-17-10-13-26(14-11-17)32(29,30)21-16-20(15-18(2)19(21)3)23(28)25(7)12-8-9-22(27)31-24(4,5)6/h15-17H,8-14H2,1-7H3. The fourth-order valence-corrected chi connectivity index (χ4v) is 5.55. The third kappa shape index (κ3) is 6.78. The molecule has 0 atom stereocenters. The van der Waals surface area contributed by atoms with E-state index in [0.717, 1.165) is 18.4 Å². The third-order valence-electron chi connectivity index (χ3n) is 5.87. The zero-order valence-corrected chi connectivity index (χ0v) is 21.3. The molecular formula is C24H38N2O5S. The van der Waals surface area contributed by atoms with Crippen LogP contribution in [-0.2, 0) is 19.6 Å². The number of aryl methyl sites for hydroxylation is 1. The number of rotatable bonds is 7. The average Bonchev–Trinajstić information content (AvgIpc) is 2.68. The summed E-state index contributed by atoms with van der Waals surface area (Å²) in [4.78, 5) is 26.6. The van der Waals surface area contributed by atoms with Gasteiger partial charge in [0.2, 0.25) is 10.0 Å². The molecule has 0 aromatic heterocycles. The second-order valence-corrected chi connectivity index (χ2v) is 11.8. The van der Waals surface area contributed by atoms with E-state index in [2.05, 4.69) is 6.92 Å². The highest BCUT2D eigenvalue weighted by atomic mass is 32.2. The van der Waals surface area contributed by atoms with Crippen LogP contribution in [0.2, 0.25) is 0 Å². The molecule has 1 aliphatic heterocycles. The molecule has 1 fully saturated rings. The summed E-state index contributed by atoms with van der Waals surface area (Å²) < 4.78 is 33.5. The lowest BCUT2D eigenvalue weighted by Crippen LogP contribution is -2.38. The maximum Gasteiger partial charge on any atom is 0.306 e. The predicted molar refractivity (Wildman–Crippen MR) is 125 cm³/mol. The maximum absolute atomic E-state index is 13.3. The van der Waals surface area contributed by atoms with Crippen LogP contribution in [0.4, 0.5) is 0 Å². The number of hydrogen-bond donors (Lipinski definition) is 0. The van der Waals surface area contributed by atoms with E-state index in [4.69, 9.17) is 4.74 Å². The summed E-state index contributed by atoms with van der Waals surface area (Å²) in [5, 5.41) is 0. The monoisotopic (exact) mass is 466 g/mol. The van der Waals surface area contributed by atoms with Crippen molar-refractivity contribution in [1.29, 1.82) is 0 Å². The minimum atomic E-state index is -3.66. The van der Waals surface area contributed by atoms with Crippen molar-refractivity contribution >= 4 is 21.9 Å². The van der Waals surface area contributed by atoms with Gasteiger partial charge in [-0.1, -0.05) is 6.92 Å². The molecule has 1 aromatic rings. The van der Waals surface area contributed by atoms with Crippen molar-refractivity contribution in [2.24, 2.45) is 5.92 Å². The van der Waals surface area contributed by atoms with E-state index in [0.29, 0.717) is 43.1 Å². The van der Waals surface area contributed by atoms with Gasteiger partial charge in [0.15, 0.2) is 0 Å². The Hall–Kier alpha value is -1.93. The molecule has 0 spiro atoms. The van der Waals surface area contributed by atoms with Gasteiger partial charge in [-0.25, -0.2) is 8.42 Å². The fourth-order valence-electron chi connectivity index (χ4n) is 3.76. The molecule has 7 nitrogen and oxygen atoms in total. The van der Waals surface area contributed by atoms with Gasteiger partial charge < -0.3 is 9.64 Å². The van der Waals surface area contributed by atoms with Crippen molar-refractivity contribution < 1.29 is 22.7 Å². The lowest BCUT2D eigenvalue weighted by molar-refractivity contribution is -0.154. The van der Waals surface area contributed by atoms with Crippen LogP contribution in [0.15, 0.2) is 17.0 Å². The highest BCUT2D eigenvalue weighted by Crippen LogP contribution is 2.28. The predicted octanol–water partition coefficient (Wildman–Crippen LogP) is 3.92. The first-order valence-electron chi connectivity index (χ1n) is 11.3. The topological polar surface area (TPSA) is 84.0 Å². The molecule has 2 rings (SSSR count). The van der Waals surface area contributed by atoms with E-state index in [1.165, 1.54) is 15.3 Å². The van der Waals surface area contributed by atoms with Crippen LogP contribution in [0.3, 0.4) is 0 Å². The summed E-state index contributed by atoms with van der Waals surface area (Å²) in [6.07, 6.45) is 2.38. The van der Waals surface area contributed by atoms with Crippen LogP contribution < -0.4 is 0 Å². The number of esters is 1. The number of hydrogen-bond acceptors (Lipinski definition) is 5. The number of benzene rings is 1. The molecule has 0 N–H and O–H groups in total. The summed E-state index contributed by atoms with van der Waals surface area (Å²) in [5.74, 6) is -0.0405. The minimum absolute atomic E-state index is 0.206. The van der Waals surface area contributed by atoms with E-state index in [1.54, 1.807) is 20.0 Å². The lowest BCUT2D eigenvalue weighted by Gasteiger charge is -2.30. The molecule has 1 saturated heterocycles. The second kappa shape index (κ2) is 10.3. The van der Waals surface area contributed by atoms with Crippen LogP contribution >= 0.6 is 0 Å². The first kappa shape index (κ1) is 26.3. The van der Waals surface area contributed by atoms with Crippen LogP contribution in [0.25, 0.3) is 0 Å². The number of carbonyl (C=O) groups is 2. The number of amides is 1. The van der Waals surface area contributed by atoms with Crippen LogP contribution in [-0.4, -0.2) is 61.8 Å². The van der Waals surface area contributed by atoms with Crippen LogP contribution in [0.5, 0.6) is 0 Å². The SMILES string of the molecule is Cc1cc(C(=O)N(C)CCCC(=O)OC(C)(C)C)cc(S(=O)(=O)N2CCC(C)CC2)c1C. The molecule has 180 valence electrons. The smallest absolute Gasteiger partial charge is 0.306 e. The molecule has 1 amide bonds. The van der Waals surface area contributed by atoms with Crippen molar-refractivity contribution in [3.05, 3.63) is 28.8 Å². The summed E-state index contributed by atoms with van der Waals surface area (Å²) >= 11 is 0. The number of piperidine rings is 1. The lowest BCUT2D eigenvalue weighted by atomic mass is 10.0. The van der Waals surface area contributed by atoms with Gasteiger partial charge in [0, 0.05) is 38.7 Å². The van der Waals surface area contributed by atoms with E-state index in [9.17, 15) is 18.0 Å². The first-order chi connectivity index (χ1) is 14.7. The summed E-state index contributed by atoms with van der Waals surface area (Å²) in [6.45, 7) is 12.6. The first-order valence-corrected chi connectivity index (χ1v) is 12.7. The zero-order valence-electron chi connectivity index (χ0n) is 20.5. The molecule has 0 bridgehead atoms.